The minimum Gasteiger partial charge on any atom is -0.493 e. The Morgan fingerprint density at radius 1 is 1.22 bits per heavy atom. The highest BCUT2D eigenvalue weighted by molar-refractivity contribution is 9.10. The van der Waals surface area contributed by atoms with Crippen molar-refractivity contribution in [3.8, 4) is 24.0 Å². The van der Waals surface area contributed by atoms with E-state index in [1.165, 1.54) is 0 Å². The van der Waals surface area contributed by atoms with Crippen LogP contribution in [0.3, 0.4) is 0 Å². The van der Waals surface area contributed by atoms with Gasteiger partial charge in [-0.1, -0.05) is 35.7 Å². The van der Waals surface area contributed by atoms with Gasteiger partial charge in [0.25, 0.3) is 0 Å². The Morgan fingerprint density at radius 3 is 2.59 bits per heavy atom. The van der Waals surface area contributed by atoms with Crippen LogP contribution in [0.15, 0.2) is 22.7 Å². The number of ether oxygens (including phenoxy) is 3. The van der Waals surface area contributed by atoms with E-state index in [-0.39, 0.29) is 5.90 Å². The second-order valence-corrected chi connectivity index (χ2v) is 9.70. The monoisotopic (exact) mass is 496 g/mol. The lowest BCUT2D eigenvalue weighted by Crippen LogP contribution is -2.61. The van der Waals surface area contributed by atoms with Crippen LogP contribution in [0, 0.1) is 62.1 Å². The topological polar surface area (TPSA) is 123 Å². The van der Waals surface area contributed by atoms with E-state index in [0.29, 0.717) is 36.7 Å². The number of halogens is 1. The van der Waals surface area contributed by atoms with Crippen molar-refractivity contribution in [3.63, 3.8) is 0 Å². The molecule has 0 aromatic heterocycles. The van der Waals surface area contributed by atoms with Gasteiger partial charge in [0.1, 0.15) is 11.9 Å². The first-order valence-electron chi connectivity index (χ1n) is 11.0. The molecule has 5 atom stereocenters. The van der Waals surface area contributed by atoms with Gasteiger partial charge < -0.3 is 14.2 Å². The summed E-state index contributed by atoms with van der Waals surface area (Å²) in [6.45, 7) is 4.34. The van der Waals surface area contributed by atoms with Crippen LogP contribution in [0.5, 0.6) is 5.75 Å². The second kappa shape index (κ2) is 8.07. The third-order valence-corrected chi connectivity index (χ3v) is 7.76. The predicted octanol–water partition coefficient (Wildman–Crippen LogP) is 5.38. The van der Waals surface area contributed by atoms with Crippen LogP contribution in [0.2, 0.25) is 0 Å². The van der Waals surface area contributed by atoms with E-state index in [1.54, 1.807) is 12.1 Å². The molecule has 0 amide bonds. The van der Waals surface area contributed by atoms with E-state index in [0.717, 1.165) is 23.7 Å². The average molecular weight is 497 g/mol. The van der Waals surface area contributed by atoms with Gasteiger partial charge in [-0.05, 0) is 43.9 Å². The van der Waals surface area contributed by atoms with Gasteiger partial charge in [-0.15, -0.1) is 0 Å². The quantitative estimate of drug-likeness (QED) is 0.583. The van der Waals surface area contributed by atoms with E-state index in [1.807, 2.05) is 13.0 Å². The molecule has 0 spiro atoms. The molecule has 7 nitrogen and oxygen atoms in total. The molecule has 1 aromatic rings. The van der Waals surface area contributed by atoms with Gasteiger partial charge in [-0.25, -0.2) is 0 Å². The van der Waals surface area contributed by atoms with E-state index >= 15 is 0 Å². The number of hydrogen-bond donors (Lipinski definition) is 1. The first-order valence-corrected chi connectivity index (χ1v) is 11.8. The zero-order valence-corrected chi connectivity index (χ0v) is 19.7. The molecule has 5 unspecified atom stereocenters. The first kappa shape index (κ1) is 22.6. The van der Waals surface area contributed by atoms with Gasteiger partial charge >= 0.3 is 0 Å². The van der Waals surface area contributed by atoms with Crippen LogP contribution in [0.1, 0.15) is 57.6 Å². The third kappa shape index (κ3) is 2.81. The number of nitrogens with one attached hydrogen (secondary N) is 1. The summed E-state index contributed by atoms with van der Waals surface area (Å²) >= 11 is 3.46. The van der Waals surface area contributed by atoms with Crippen LogP contribution in [-0.2, 0) is 9.47 Å². The molecule has 1 aliphatic carbocycles. The minimum atomic E-state index is -1.97. The van der Waals surface area contributed by atoms with Crippen molar-refractivity contribution >= 4 is 21.8 Å². The van der Waals surface area contributed by atoms with Crippen molar-refractivity contribution in [2.24, 2.45) is 22.7 Å². The summed E-state index contributed by atoms with van der Waals surface area (Å²) in [4.78, 5) is 0. The van der Waals surface area contributed by atoms with Gasteiger partial charge in [0.2, 0.25) is 17.1 Å². The van der Waals surface area contributed by atoms with Gasteiger partial charge in [0.15, 0.2) is 5.41 Å². The SMILES string of the molecule is CCCC1CCC23OC(=N)C(C#N)(C2C1)C(C#N)(C#N)C(c1cc(Br)ccc1OCC)O3. The van der Waals surface area contributed by atoms with E-state index < -0.39 is 28.6 Å². The highest BCUT2D eigenvalue weighted by atomic mass is 79.9. The Kier molecular flexibility index (Phi) is 5.70. The molecule has 3 fully saturated rings. The minimum absolute atomic E-state index is 0.333. The molecule has 2 bridgehead atoms. The number of nitrogens with zero attached hydrogens (tertiary/aromatic N) is 3. The zero-order chi connectivity index (χ0) is 23.1. The molecular formula is C24H25BrN4O3. The van der Waals surface area contributed by atoms with Crippen LogP contribution in [0.4, 0.5) is 0 Å². The van der Waals surface area contributed by atoms with Crippen molar-refractivity contribution in [1.29, 1.82) is 21.2 Å². The van der Waals surface area contributed by atoms with Gasteiger partial charge in [0, 0.05) is 16.5 Å². The molecule has 1 aromatic carbocycles. The molecule has 1 saturated carbocycles. The summed E-state index contributed by atoms with van der Waals surface area (Å²) in [5, 5.41) is 40.1. The molecule has 0 radical (unpaired) electrons. The molecule has 3 aliphatic rings. The van der Waals surface area contributed by atoms with Gasteiger partial charge in [0.05, 0.1) is 30.7 Å². The molecule has 2 aliphatic heterocycles. The summed E-state index contributed by atoms with van der Waals surface area (Å²) in [5.74, 6) is -1.29. The summed E-state index contributed by atoms with van der Waals surface area (Å²) in [6.07, 6.45) is 2.81. The van der Waals surface area contributed by atoms with Crippen molar-refractivity contribution in [3.05, 3.63) is 28.2 Å². The van der Waals surface area contributed by atoms with Crippen molar-refractivity contribution in [2.75, 3.05) is 6.61 Å². The maximum Gasteiger partial charge on any atom is 0.217 e. The molecule has 32 heavy (non-hydrogen) atoms. The molecular weight excluding hydrogens is 472 g/mol. The van der Waals surface area contributed by atoms with Crippen LogP contribution >= 0.6 is 15.9 Å². The summed E-state index contributed by atoms with van der Waals surface area (Å²) in [6, 6.07) is 11.8. The summed E-state index contributed by atoms with van der Waals surface area (Å²) in [5.41, 5.74) is -3.20. The van der Waals surface area contributed by atoms with Crippen molar-refractivity contribution in [1.82, 2.24) is 0 Å². The Bertz CT molecular complexity index is 1060. The number of rotatable bonds is 5. The summed E-state index contributed by atoms with van der Waals surface area (Å²) in [7, 11) is 0. The number of benzene rings is 1. The lowest BCUT2D eigenvalue weighted by molar-refractivity contribution is -0.299. The lowest BCUT2D eigenvalue weighted by Gasteiger charge is -2.53. The van der Waals surface area contributed by atoms with E-state index in [9.17, 15) is 15.8 Å². The Labute approximate surface area is 196 Å². The fourth-order valence-corrected chi connectivity index (χ4v) is 6.26. The summed E-state index contributed by atoms with van der Waals surface area (Å²) < 4.78 is 19.1. The first-order chi connectivity index (χ1) is 15.4. The normalized spacial score (nSPS) is 34.4. The second-order valence-electron chi connectivity index (χ2n) is 8.79. The zero-order valence-electron chi connectivity index (χ0n) is 18.2. The van der Waals surface area contributed by atoms with Crippen LogP contribution in [-0.4, -0.2) is 18.3 Å². The molecule has 166 valence electrons. The number of nitriles is 3. The van der Waals surface area contributed by atoms with Gasteiger partial charge in [-0.2, -0.15) is 15.8 Å². The van der Waals surface area contributed by atoms with Crippen LogP contribution in [0.25, 0.3) is 0 Å². The fraction of sp³-hybridized carbons (Fsp3) is 0.583. The Hall–Kier alpha value is -2.60. The largest absolute Gasteiger partial charge is 0.493 e. The third-order valence-electron chi connectivity index (χ3n) is 7.27. The van der Waals surface area contributed by atoms with Gasteiger partial charge in [-0.3, -0.25) is 5.41 Å². The maximum atomic E-state index is 10.5. The maximum absolute atomic E-state index is 10.5. The van der Waals surface area contributed by atoms with Crippen molar-refractivity contribution < 1.29 is 14.2 Å². The van der Waals surface area contributed by atoms with E-state index in [2.05, 4.69) is 41.1 Å². The Balaban J connectivity index is 1.95. The molecule has 8 heteroatoms. The average Bonchev–Trinajstić information content (AvgIpc) is 2.99. The smallest absolute Gasteiger partial charge is 0.217 e. The predicted molar refractivity (Wildman–Crippen MR) is 118 cm³/mol. The highest BCUT2D eigenvalue weighted by Gasteiger charge is 2.81. The molecule has 4 rings (SSSR count). The highest BCUT2D eigenvalue weighted by Crippen LogP contribution is 2.70. The fourth-order valence-electron chi connectivity index (χ4n) is 5.88. The van der Waals surface area contributed by atoms with Crippen molar-refractivity contribution in [2.45, 2.75) is 57.8 Å². The Morgan fingerprint density at radius 2 is 1.97 bits per heavy atom. The van der Waals surface area contributed by atoms with Crippen LogP contribution < -0.4 is 4.74 Å². The molecule has 1 N–H and O–H groups in total. The lowest BCUT2D eigenvalue weighted by atomic mass is 9.50. The molecule has 2 saturated heterocycles. The standard InChI is InChI=1S/C24H25BrN4O3/c1-3-5-15-8-9-24-19(10-15)23(14-28,21(29)32-24)22(12-26,13-27)20(31-24)17-11-16(25)6-7-18(17)30-4-2/h6-7,11,15,19-20,29H,3-5,8-10H2,1-2H3. The van der Waals surface area contributed by atoms with E-state index in [4.69, 9.17) is 19.6 Å². The molecule has 2 heterocycles. The number of hydrogen-bond acceptors (Lipinski definition) is 7.